The van der Waals surface area contributed by atoms with Crippen LogP contribution < -0.4 is 9.62 Å². The predicted molar refractivity (Wildman–Crippen MR) is 142 cm³/mol. The second-order valence-corrected chi connectivity index (χ2v) is 11.3. The second-order valence-electron chi connectivity index (χ2n) is 8.96. The van der Waals surface area contributed by atoms with Gasteiger partial charge in [-0.2, -0.15) is 0 Å². The number of halogens is 1. The van der Waals surface area contributed by atoms with Crippen LogP contribution in [0.1, 0.15) is 45.2 Å². The Hall–Kier alpha value is -2.58. The monoisotopic (exact) mass is 521 g/mol. The van der Waals surface area contributed by atoms with Crippen LogP contribution in [-0.2, 0) is 32.6 Å². The van der Waals surface area contributed by atoms with Crippen LogP contribution in [0.3, 0.4) is 0 Å². The van der Waals surface area contributed by atoms with E-state index in [9.17, 15) is 18.0 Å². The average Bonchev–Trinajstić information content (AvgIpc) is 2.81. The molecule has 0 aliphatic carbocycles. The van der Waals surface area contributed by atoms with E-state index in [1.165, 1.54) is 4.90 Å². The molecule has 7 nitrogen and oxygen atoms in total. The van der Waals surface area contributed by atoms with Gasteiger partial charge in [-0.1, -0.05) is 69.6 Å². The zero-order valence-corrected chi connectivity index (χ0v) is 22.7. The summed E-state index contributed by atoms with van der Waals surface area (Å²) in [6.07, 6.45) is 2.08. The van der Waals surface area contributed by atoms with Crippen molar-refractivity contribution < 1.29 is 18.0 Å². The van der Waals surface area contributed by atoms with E-state index in [2.05, 4.69) is 5.32 Å². The molecule has 9 heteroatoms. The van der Waals surface area contributed by atoms with Crippen molar-refractivity contribution in [3.05, 3.63) is 64.7 Å². The Morgan fingerprint density at radius 1 is 1.03 bits per heavy atom. The Kier molecular flexibility index (Phi) is 10.6. The number of rotatable bonds is 12. The summed E-state index contributed by atoms with van der Waals surface area (Å²) in [5.41, 5.74) is 2.07. The Morgan fingerprint density at radius 3 is 2.20 bits per heavy atom. The highest BCUT2D eigenvalue weighted by molar-refractivity contribution is 7.92. The maximum absolute atomic E-state index is 13.7. The third-order valence-electron chi connectivity index (χ3n) is 5.66. The summed E-state index contributed by atoms with van der Waals surface area (Å²) in [4.78, 5) is 28.2. The molecule has 0 aliphatic rings. The van der Waals surface area contributed by atoms with Gasteiger partial charge >= 0.3 is 0 Å². The Balaban J connectivity index is 2.44. The molecule has 192 valence electrons. The number of aryl methyl sites for hydroxylation is 1. The average molecular weight is 522 g/mol. The third kappa shape index (κ3) is 8.25. The summed E-state index contributed by atoms with van der Waals surface area (Å²) < 4.78 is 26.7. The fraction of sp³-hybridized carbons (Fsp3) is 0.462. The zero-order chi connectivity index (χ0) is 26.2. The molecule has 2 aromatic carbocycles. The lowest BCUT2D eigenvalue weighted by Gasteiger charge is -2.33. The summed E-state index contributed by atoms with van der Waals surface area (Å²) in [7, 11) is -3.76. The van der Waals surface area contributed by atoms with Crippen LogP contribution in [0.2, 0.25) is 5.02 Å². The van der Waals surface area contributed by atoms with Gasteiger partial charge in [0.1, 0.15) is 12.6 Å². The van der Waals surface area contributed by atoms with E-state index in [1.807, 2.05) is 39.8 Å². The van der Waals surface area contributed by atoms with Gasteiger partial charge in [-0.05, 0) is 48.1 Å². The molecule has 0 heterocycles. The second kappa shape index (κ2) is 12.9. The van der Waals surface area contributed by atoms with E-state index in [0.29, 0.717) is 30.1 Å². The Bertz CT molecular complexity index is 1100. The van der Waals surface area contributed by atoms with Crippen LogP contribution >= 0.6 is 11.6 Å². The summed E-state index contributed by atoms with van der Waals surface area (Å²) in [6.45, 7) is 7.98. The molecule has 0 saturated heterocycles. The molecule has 0 radical (unpaired) electrons. The molecule has 0 aromatic heterocycles. The number of hydrogen-bond acceptors (Lipinski definition) is 4. The van der Waals surface area contributed by atoms with Gasteiger partial charge in [0.2, 0.25) is 21.8 Å². The maximum atomic E-state index is 13.7. The molecule has 2 aromatic rings. The number of carbonyl (C=O) groups is 2. The molecule has 0 bridgehead atoms. The number of nitrogens with one attached hydrogen (secondary N) is 1. The highest BCUT2D eigenvalue weighted by Gasteiger charge is 2.32. The Morgan fingerprint density at radius 2 is 1.66 bits per heavy atom. The maximum Gasteiger partial charge on any atom is 0.244 e. The van der Waals surface area contributed by atoms with Crippen molar-refractivity contribution in [1.82, 2.24) is 10.2 Å². The van der Waals surface area contributed by atoms with Crippen LogP contribution in [0.15, 0.2) is 48.5 Å². The topological polar surface area (TPSA) is 86.8 Å². The number of para-hydroxylation sites is 1. The molecule has 1 atom stereocenters. The molecule has 2 amide bonds. The van der Waals surface area contributed by atoms with Crippen molar-refractivity contribution >= 4 is 39.1 Å². The minimum Gasteiger partial charge on any atom is -0.354 e. The number of nitrogens with zero attached hydrogens (tertiary/aromatic N) is 2. The van der Waals surface area contributed by atoms with Crippen molar-refractivity contribution in [2.24, 2.45) is 5.92 Å². The largest absolute Gasteiger partial charge is 0.354 e. The van der Waals surface area contributed by atoms with Crippen molar-refractivity contribution in [3.63, 3.8) is 0 Å². The van der Waals surface area contributed by atoms with Crippen LogP contribution in [0, 0.1) is 5.92 Å². The van der Waals surface area contributed by atoms with Gasteiger partial charge in [-0.25, -0.2) is 8.42 Å². The van der Waals surface area contributed by atoms with Gasteiger partial charge in [-0.3, -0.25) is 13.9 Å². The molecular weight excluding hydrogens is 486 g/mol. The quantitative estimate of drug-likeness (QED) is 0.452. The molecular formula is C26H36ClN3O4S. The highest BCUT2D eigenvalue weighted by Crippen LogP contribution is 2.24. The molecule has 0 spiro atoms. The number of sulfonamides is 1. The van der Waals surface area contributed by atoms with E-state index in [0.717, 1.165) is 21.7 Å². The third-order valence-corrected chi connectivity index (χ3v) is 7.04. The van der Waals surface area contributed by atoms with Gasteiger partial charge in [-0.15, -0.1) is 0 Å². The van der Waals surface area contributed by atoms with Crippen LogP contribution in [0.25, 0.3) is 0 Å². The molecule has 0 unspecified atom stereocenters. The SMILES string of the molecule is CCc1ccccc1N(CC(=O)N(Cc1ccc(Cl)cc1)[C@@H](CC)C(=O)NCC(C)C)S(C)(=O)=O. The fourth-order valence-corrected chi connectivity index (χ4v) is 4.78. The lowest BCUT2D eigenvalue weighted by Crippen LogP contribution is -2.52. The van der Waals surface area contributed by atoms with Crippen LogP contribution in [-0.4, -0.2) is 50.5 Å². The standard InChI is InChI=1S/C26H36ClN3O4S/c1-6-21-10-8-9-11-24(21)30(35(5,33)34)18-25(31)29(17-20-12-14-22(27)15-13-20)23(7-2)26(32)28-16-19(3)4/h8-15,19,23H,6-7,16-18H2,1-5H3,(H,28,32)/t23-/m0/s1. The first kappa shape index (κ1) is 28.7. The van der Waals surface area contributed by atoms with Crippen LogP contribution in [0.5, 0.6) is 0 Å². The van der Waals surface area contributed by atoms with Gasteiger partial charge in [0.25, 0.3) is 0 Å². The van der Waals surface area contributed by atoms with Crippen molar-refractivity contribution in [2.75, 3.05) is 23.7 Å². The van der Waals surface area contributed by atoms with E-state index in [-0.39, 0.29) is 18.4 Å². The van der Waals surface area contributed by atoms with Gasteiger partial charge in [0, 0.05) is 18.1 Å². The van der Waals surface area contributed by atoms with Crippen molar-refractivity contribution in [3.8, 4) is 0 Å². The molecule has 2 rings (SSSR count). The highest BCUT2D eigenvalue weighted by atomic mass is 35.5. The Labute approximate surface area is 214 Å². The van der Waals surface area contributed by atoms with E-state index in [4.69, 9.17) is 11.6 Å². The minimum atomic E-state index is -3.76. The lowest BCUT2D eigenvalue weighted by molar-refractivity contribution is -0.140. The fourth-order valence-electron chi connectivity index (χ4n) is 3.78. The molecule has 35 heavy (non-hydrogen) atoms. The first-order valence-corrected chi connectivity index (χ1v) is 14.1. The van der Waals surface area contributed by atoms with Gasteiger partial charge < -0.3 is 10.2 Å². The lowest BCUT2D eigenvalue weighted by atomic mass is 10.1. The first-order valence-electron chi connectivity index (χ1n) is 11.8. The summed E-state index contributed by atoms with van der Waals surface area (Å²) in [5, 5.41) is 3.47. The smallest absolute Gasteiger partial charge is 0.244 e. The van der Waals surface area contributed by atoms with E-state index in [1.54, 1.807) is 36.4 Å². The first-order chi connectivity index (χ1) is 16.5. The number of amides is 2. The summed E-state index contributed by atoms with van der Waals surface area (Å²) >= 11 is 6.02. The number of carbonyl (C=O) groups excluding carboxylic acids is 2. The van der Waals surface area contributed by atoms with Crippen molar-refractivity contribution in [2.45, 2.75) is 53.1 Å². The van der Waals surface area contributed by atoms with Gasteiger partial charge in [0.15, 0.2) is 0 Å². The van der Waals surface area contributed by atoms with Crippen molar-refractivity contribution in [1.29, 1.82) is 0 Å². The number of hydrogen-bond donors (Lipinski definition) is 1. The molecule has 0 aliphatic heterocycles. The van der Waals surface area contributed by atoms with E-state index >= 15 is 0 Å². The van der Waals surface area contributed by atoms with Crippen LogP contribution in [0.4, 0.5) is 5.69 Å². The molecule has 0 fully saturated rings. The minimum absolute atomic E-state index is 0.149. The van der Waals surface area contributed by atoms with Gasteiger partial charge in [0.05, 0.1) is 11.9 Å². The number of benzene rings is 2. The molecule has 0 saturated carbocycles. The predicted octanol–water partition coefficient (Wildman–Crippen LogP) is 4.25. The number of anilines is 1. The summed E-state index contributed by atoms with van der Waals surface area (Å²) in [5.74, 6) is -0.464. The normalized spacial score (nSPS) is 12.3. The summed E-state index contributed by atoms with van der Waals surface area (Å²) in [6, 6.07) is 13.4. The zero-order valence-electron chi connectivity index (χ0n) is 21.1. The van der Waals surface area contributed by atoms with E-state index < -0.39 is 28.5 Å². The molecule has 1 N–H and O–H groups in total.